The molecular formula is C19H24N4O2. The number of nitrogens with one attached hydrogen (secondary N) is 2. The van der Waals surface area contributed by atoms with Gasteiger partial charge < -0.3 is 10.6 Å². The minimum atomic E-state index is -0.162. The van der Waals surface area contributed by atoms with Crippen LogP contribution in [-0.4, -0.2) is 40.3 Å². The third-order valence-electron chi connectivity index (χ3n) is 4.11. The second-order valence-corrected chi connectivity index (χ2v) is 5.70. The summed E-state index contributed by atoms with van der Waals surface area (Å²) in [5.41, 5.74) is 3.85. The lowest BCUT2D eigenvalue weighted by Gasteiger charge is -2.20. The predicted octanol–water partition coefficient (Wildman–Crippen LogP) is 2.83. The number of anilines is 2. The first-order valence-electron chi connectivity index (χ1n) is 8.05. The van der Waals surface area contributed by atoms with Gasteiger partial charge in [0.25, 0.3) is 0 Å². The molecule has 25 heavy (non-hydrogen) atoms. The molecule has 6 nitrogen and oxygen atoms in total. The molecule has 2 aromatic carbocycles. The lowest BCUT2D eigenvalue weighted by Crippen LogP contribution is -2.35. The van der Waals surface area contributed by atoms with Crippen molar-refractivity contribution in [1.82, 2.24) is 10.6 Å². The zero-order chi connectivity index (χ0) is 18.4. The van der Waals surface area contributed by atoms with Gasteiger partial charge in [0.2, 0.25) is 0 Å². The fraction of sp³-hybridized carbons (Fsp3) is 0.263. The Bertz CT molecular complexity index is 743. The number of carbonyl (C=O) groups is 2. The summed E-state index contributed by atoms with van der Waals surface area (Å²) in [4.78, 5) is 26.7. The van der Waals surface area contributed by atoms with Gasteiger partial charge in [0.15, 0.2) is 0 Å². The highest BCUT2D eigenvalue weighted by molar-refractivity contribution is 5.92. The smallest absolute Gasteiger partial charge is 0.321 e. The molecule has 0 fully saturated rings. The van der Waals surface area contributed by atoms with E-state index in [9.17, 15) is 9.59 Å². The third kappa shape index (κ3) is 4.29. The minimum absolute atomic E-state index is 0.157. The van der Waals surface area contributed by atoms with Crippen LogP contribution in [-0.2, 0) is 6.42 Å². The summed E-state index contributed by atoms with van der Waals surface area (Å²) >= 11 is 0. The van der Waals surface area contributed by atoms with Crippen LogP contribution in [0.25, 0.3) is 0 Å². The van der Waals surface area contributed by atoms with Crippen LogP contribution < -0.4 is 20.4 Å². The molecule has 0 aliphatic rings. The van der Waals surface area contributed by atoms with Crippen molar-refractivity contribution < 1.29 is 9.59 Å². The minimum Gasteiger partial charge on any atom is -0.341 e. The van der Waals surface area contributed by atoms with E-state index in [0.29, 0.717) is 6.42 Å². The number of hydrogen-bond acceptors (Lipinski definition) is 2. The molecule has 6 heteroatoms. The highest BCUT2D eigenvalue weighted by Crippen LogP contribution is 2.23. The molecule has 0 aromatic heterocycles. The Morgan fingerprint density at radius 1 is 0.840 bits per heavy atom. The molecule has 4 amide bonds. The summed E-state index contributed by atoms with van der Waals surface area (Å²) in [6.45, 7) is 0. The maximum Gasteiger partial charge on any atom is 0.321 e. The molecule has 0 saturated heterocycles. The van der Waals surface area contributed by atoms with E-state index in [1.807, 2.05) is 48.5 Å². The maximum atomic E-state index is 11.9. The van der Waals surface area contributed by atoms with Crippen LogP contribution in [0.15, 0.2) is 48.5 Å². The molecule has 0 unspecified atom stereocenters. The zero-order valence-electron chi connectivity index (χ0n) is 15.0. The molecular weight excluding hydrogens is 316 g/mol. The first kappa shape index (κ1) is 18.3. The lowest BCUT2D eigenvalue weighted by molar-refractivity contribution is 0.248. The zero-order valence-corrected chi connectivity index (χ0v) is 15.0. The van der Waals surface area contributed by atoms with Gasteiger partial charge in [-0.1, -0.05) is 30.3 Å². The molecule has 0 radical (unpaired) electrons. The van der Waals surface area contributed by atoms with Gasteiger partial charge >= 0.3 is 12.1 Å². The quantitative estimate of drug-likeness (QED) is 0.899. The number of urea groups is 2. The monoisotopic (exact) mass is 340 g/mol. The van der Waals surface area contributed by atoms with Crippen LogP contribution >= 0.6 is 0 Å². The Hall–Kier alpha value is -3.02. The first-order valence-corrected chi connectivity index (χ1v) is 8.05. The molecule has 0 aliphatic carbocycles. The molecule has 2 aromatic rings. The second kappa shape index (κ2) is 8.19. The van der Waals surface area contributed by atoms with Crippen molar-refractivity contribution in [2.24, 2.45) is 0 Å². The van der Waals surface area contributed by atoms with Gasteiger partial charge in [-0.2, -0.15) is 0 Å². The second-order valence-electron chi connectivity index (χ2n) is 5.70. The van der Waals surface area contributed by atoms with Crippen LogP contribution in [0.1, 0.15) is 11.1 Å². The summed E-state index contributed by atoms with van der Waals surface area (Å²) in [7, 11) is 6.69. The van der Waals surface area contributed by atoms with Crippen LogP contribution in [0.3, 0.4) is 0 Å². The first-order chi connectivity index (χ1) is 12.0. The molecule has 0 spiro atoms. The van der Waals surface area contributed by atoms with Crippen LogP contribution in [0.5, 0.6) is 0 Å². The Balaban J connectivity index is 2.20. The molecule has 0 aliphatic heterocycles. The SMILES string of the molecule is CNC(=O)N(C)c1ccc(Cc2ccccc2N(C)C(=O)NC)cc1. The fourth-order valence-electron chi connectivity index (χ4n) is 2.61. The average molecular weight is 340 g/mol. The van der Waals surface area contributed by atoms with E-state index in [0.717, 1.165) is 22.5 Å². The van der Waals surface area contributed by atoms with Crippen molar-refractivity contribution in [3.63, 3.8) is 0 Å². The van der Waals surface area contributed by atoms with E-state index in [4.69, 9.17) is 0 Å². The summed E-state index contributed by atoms with van der Waals surface area (Å²) in [5, 5.41) is 5.23. The predicted molar refractivity (Wildman–Crippen MR) is 101 cm³/mol. The Morgan fingerprint density at radius 3 is 2.00 bits per heavy atom. The highest BCUT2D eigenvalue weighted by Gasteiger charge is 2.13. The highest BCUT2D eigenvalue weighted by atomic mass is 16.2. The van der Waals surface area contributed by atoms with Gasteiger partial charge in [-0.3, -0.25) is 9.80 Å². The molecule has 0 heterocycles. The largest absolute Gasteiger partial charge is 0.341 e. The summed E-state index contributed by atoms with van der Waals surface area (Å²) in [5.74, 6) is 0. The van der Waals surface area contributed by atoms with Crippen molar-refractivity contribution in [2.75, 3.05) is 38.0 Å². The van der Waals surface area contributed by atoms with Crippen LogP contribution in [0.4, 0.5) is 21.0 Å². The average Bonchev–Trinajstić information content (AvgIpc) is 2.66. The molecule has 0 atom stereocenters. The van der Waals surface area contributed by atoms with E-state index >= 15 is 0 Å². The fourth-order valence-corrected chi connectivity index (χ4v) is 2.61. The van der Waals surface area contributed by atoms with Crippen molar-refractivity contribution in [1.29, 1.82) is 0 Å². The molecule has 2 rings (SSSR count). The van der Waals surface area contributed by atoms with E-state index in [1.54, 1.807) is 38.0 Å². The normalized spacial score (nSPS) is 10.1. The number of para-hydroxylation sites is 1. The molecule has 2 N–H and O–H groups in total. The molecule has 132 valence electrons. The van der Waals surface area contributed by atoms with Crippen molar-refractivity contribution in [3.8, 4) is 0 Å². The number of amides is 4. The summed E-state index contributed by atoms with van der Waals surface area (Å²) < 4.78 is 0. The number of hydrogen-bond donors (Lipinski definition) is 2. The van der Waals surface area contributed by atoms with Crippen molar-refractivity contribution in [3.05, 3.63) is 59.7 Å². The number of benzene rings is 2. The Morgan fingerprint density at radius 2 is 1.40 bits per heavy atom. The van der Waals surface area contributed by atoms with E-state index in [1.165, 1.54) is 0 Å². The lowest BCUT2D eigenvalue weighted by atomic mass is 10.0. The topological polar surface area (TPSA) is 64.7 Å². The van der Waals surface area contributed by atoms with Gasteiger partial charge in [0.05, 0.1) is 0 Å². The van der Waals surface area contributed by atoms with Crippen LogP contribution in [0, 0.1) is 0 Å². The number of rotatable bonds is 4. The maximum absolute atomic E-state index is 11.9. The summed E-state index contributed by atoms with van der Waals surface area (Å²) in [6.07, 6.45) is 0.696. The van der Waals surface area contributed by atoms with Gasteiger partial charge in [0, 0.05) is 39.6 Å². The van der Waals surface area contributed by atoms with E-state index in [2.05, 4.69) is 10.6 Å². The van der Waals surface area contributed by atoms with Crippen molar-refractivity contribution in [2.45, 2.75) is 6.42 Å². The molecule has 0 saturated carbocycles. The Labute approximate surface area is 148 Å². The Kier molecular flexibility index (Phi) is 6.00. The van der Waals surface area contributed by atoms with E-state index in [-0.39, 0.29) is 12.1 Å². The summed E-state index contributed by atoms with van der Waals surface area (Å²) in [6, 6.07) is 15.3. The number of nitrogens with zero attached hydrogens (tertiary/aromatic N) is 2. The van der Waals surface area contributed by atoms with Crippen molar-refractivity contribution >= 4 is 23.4 Å². The van der Waals surface area contributed by atoms with Gasteiger partial charge in [-0.25, -0.2) is 9.59 Å². The van der Waals surface area contributed by atoms with Crippen LogP contribution in [0.2, 0.25) is 0 Å². The van der Waals surface area contributed by atoms with Gasteiger partial charge in [0.1, 0.15) is 0 Å². The van der Waals surface area contributed by atoms with Gasteiger partial charge in [-0.15, -0.1) is 0 Å². The van der Waals surface area contributed by atoms with E-state index < -0.39 is 0 Å². The third-order valence-corrected chi connectivity index (χ3v) is 4.11. The standard InChI is InChI=1S/C19H24N4O2/c1-20-18(24)22(3)16-11-9-14(10-12-16)13-15-7-5-6-8-17(15)23(4)19(25)21-2/h5-12H,13H2,1-4H3,(H,20,24)(H,21,25). The molecule has 0 bridgehead atoms. The number of carbonyl (C=O) groups excluding carboxylic acids is 2. The van der Waals surface area contributed by atoms with Gasteiger partial charge in [-0.05, 0) is 35.7 Å².